The molecule has 0 amide bonds. The van der Waals surface area contributed by atoms with E-state index in [0.29, 0.717) is 0 Å². The number of hydrogen-bond donors (Lipinski definition) is 1. The SMILES string of the molecule is CCCNc1cc(N(C)CC2CCN(C)C2)nc(C)n1. The van der Waals surface area contributed by atoms with Gasteiger partial charge in [-0.25, -0.2) is 9.97 Å². The molecule has 2 heterocycles. The number of aromatic nitrogens is 2. The highest BCUT2D eigenvalue weighted by atomic mass is 15.2. The maximum atomic E-state index is 4.56. The summed E-state index contributed by atoms with van der Waals surface area (Å²) < 4.78 is 0. The molecule has 0 saturated carbocycles. The number of hydrogen-bond acceptors (Lipinski definition) is 5. The molecular formula is C15H27N5. The summed E-state index contributed by atoms with van der Waals surface area (Å²) in [4.78, 5) is 13.7. The normalized spacial score (nSPS) is 19.3. The van der Waals surface area contributed by atoms with Crippen molar-refractivity contribution >= 4 is 11.6 Å². The van der Waals surface area contributed by atoms with Gasteiger partial charge in [-0.15, -0.1) is 0 Å². The molecule has 0 aromatic carbocycles. The van der Waals surface area contributed by atoms with E-state index in [1.54, 1.807) is 0 Å². The van der Waals surface area contributed by atoms with Gasteiger partial charge >= 0.3 is 0 Å². The second-order valence-electron chi connectivity index (χ2n) is 5.88. The quantitative estimate of drug-likeness (QED) is 0.861. The van der Waals surface area contributed by atoms with Gasteiger partial charge in [0, 0.05) is 32.7 Å². The van der Waals surface area contributed by atoms with Crippen LogP contribution in [0.5, 0.6) is 0 Å². The molecule has 112 valence electrons. The third kappa shape index (κ3) is 4.07. The number of rotatable bonds is 6. The minimum absolute atomic E-state index is 0.743. The molecule has 0 radical (unpaired) electrons. The summed E-state index contributed by atoms with van der Waals surface area (Å²) >= 11 is 0. The molecule has 1 saturated heterocycles. The van der Waals surface area contributed by atoms with Crippen LogP contribution >= 0.6 is 0 Å². The van der Waals surface area contributed by atoms with Crippen LogP contribution in [0.15, 0.2) is 6.07 Å². The first-order chi connectivity index (χ1) is 9.58. The van der Waals surface area contributed by atoms with Gasteiger partial charge in [0.25, 0.3) is 0 Å². The molecule has 0 spiro atoms. The summed E-state index contributed by atoms with van der Waals surface area (Å²) in [6.07, 6.45) is 2.38. The maximum Gasteiger partial charge on any atom is 0.134 e. The Hall–Kier alpha value is -1.36. The predicted molar refractivity (Wildman–Crippen MR) is 84.4 cm³/mol. The lowest BCUT2D eigenvalue weighted by atomic mass is 10.1. The second kappa shape index (κ2) is 6.88. The fourth-order valence-electron chi connectivity index (χ4n) is 2.75. The zero-order valence-electron chi connectivity index (χ0n) is 13.2. The van der Waals surface area contributed by atoms with Gasteiger partial charge in [-0.3, -0.25) is 0 Å². The van der Waals surface area contributed by atoms with Crippen molar-refractivity contribution in [1.29, 1.82) is 0 Å². The molecule has 5 heteroatoms. The van der Waals surface area contributed by atoms with Crippen molar-refractivity contribution in [2.75, 3.05) is 50.5 Å². The molecule has 1 aliphatic rings. The van der Waals surface area contributed by atoms with Crippen molar-refractivity contribution in [2.24, 2.45) is 5.92 Å². The molecule has 1 fully saturated rings. The Bertz CT molecular complexity index is 434. The van der Waals surface area contributed by atoms with Crippen LogP contribution in [-0.2, 0) is 0 Å². The van der Waals surface area contributed by atoms with Crippen LogP contribution in [0.2, 0.25) is 0 Å². The van der Waals surface area contributed by atoms with Crippen LogP contribution in [-0.4, -0.2) is 55.1 Å². The first kappa shape index (κ1) is 15.0. The highest BCUT2D eigenvalue weighted by Gasteiger charge is 2.21. The molecule has 0 bridgehead atoms. The molecule has 1 aliphatic heterocycles. The lowest BCUT2D eigenvalue weighted by molar-refractivity contribution is 0.395. The molecule has 2 rings (SSSR count). The van der Waals surface area contributed by atoms with E-state index in [9.17, 15) is 0 Å². The average Bonchev–Trinajstić information content (AvgIpc) is 2.81. The first-order valence-electron chi connectivity index (χ1n) is 7.57. The molecule has 1 N–H and O–H groups in total. The van der Waals surface area contributed by atoms with Gasteiger partial charge in [-0.05, 0) is 39.3 Å². The summed E-state index contributed by atoms with van der Waals surface area (Å²) in [5.74, 6) is 3.53. The zero-order chi connectivity index (χ0) is 14.5. The minimum Gasteiger partial charge on any atom is -0.370 e. The smallest absolute Gasteiger partial charge is 0.134 e. The fraction of sp³-hybridized carbons (Fsp3) is 0.733. The first-order valence-corrected chi connectivity index (χ1v) is 7.57. The highest BCUT2D eigenvalue weighted by Crippen LogP contribution is 2.20. The van der Waals surface area contributed by atoms with Gasteiger partial charge in [0.15, 0.2) is 0 Å². The number of anilines is 2. The monoisotopic (exact) mass is 277 g/mol. The lowest BCUT2D eigenvalue weighted by Crippen LogP contribution is -2.28. The van der Waals surface area contributed by atoms with Crippen LogP contribution in [0, 0.1) is 12.8 Å². The average molecular weight is 277 g/mol. The van der Waals surface area contributed by atoms with E-state index < -0.39 is 0 Å². The minimum atomic E-state index is 0.743. The van der Waals surface area contributed by atoms with E-state index in [1.165, 1.54) is 19.5 Å². The van der Waals surface area contributed by atoms with E-state index >= 15 is 0 Å². The number of nitrogens with zero attached hydrogens (tertiary/aromatic N) is 4. The maximum absolute atomic E-state index is 4.56. The van der Waals surface area contributed by atoms with E-state index in [-0.39, 0.29) is 0 Å². The van der Waals surface area contributed by atoms with Gasteiger partial charge in [-0.2, -0.15) is 0 Å². The Morgan fingerprint density at radius 3 is 2.90 bits per heavy atom. The summed E-state index contributed by atoms with van der Waals surface area (Å²) in [7, 11) is 4.32. The van der Waals surface area contributed by atoms with E-state index in [2.05, 4.69) is 52.2 Å². The Morgan fingerprint density at radius 1 is 1.45 bits per heavy atom. The number of nitrogens with one attached hydrogen (secondary N) is 1. The molecule has 1 aromatic heterocycles. The van der Waals surface area contributed by atoms with Crippen LogP contribution in [0.25, 0.3) is 0 Å². The van der Waals surface area contributed by atoms with Crippen molar-refractivity contribution in [3.8, 4) is 0 Å². The Balaban J connectivity index is 2.01. The molecule has 1 unspecified atom stereocenters. The third-order valence-electron chi connectivity index (χ3n) is 3.79. The molecule has 1 atom stereocenters. The van der Waals surface area contributed by atoms with Crippen molar-refractivity contribution in [1.82, 2.24) is 14.9 Å². The molecular weight excluding hydrogens is 250 g/mol. The molecule has 1 aromatic rings. The summed E-state index contributed by atoms with van der Waals surface area (Å²) in [6, 6.07) is 2.06. The van der Waals surface area contributed by atoms with Gasteiger partial charge in [0.05, 0.1) is 0 Å². The highest BCUT2D eigenvalue weighted by molar-refractivity contribution is 5.49. The van der Waals surface area contributed by atoms with Gasteiger partial charge in [0.2, 0.25) is 0 Å². The standard InChI is InChI=1S/C15H27N5/c1-5-7-16-14-9-15(18-12(2)17-14)20(4)11-13-6-8-19(3)10-13/h9,13H,5-8,10-11H2,1-4H3,(H,16,17,18). The van der Waals surface area contributed by atoms with E-state index in [4.69, 9.17) is 0 Å². The molecule has 20 heavy (non-hydrogen) atoms. The van der Waals surface area contributed by atoms with Gasteiger partial charge in [0.1, 0.15) is 17.5 Å². The number of aryl methyl sites for hydroxylation is 1. The van der Waals surface area contributed by atoms with Crippen LogP contribution in [0.3, 0.4) is 0 Å². The van der Waals surface area contributed by atoms with Crippen molar-refractivity contribution in [3.05, 3.63) is 11.9 Å². The Morgan fingerprint density at radius 2 is 2.25 bits per heavy atom. The molecule has 0 aliphatic carbocycles. The Labute approximate surface area is 122 Å². The second-order valence-corrected chi connectivity index (χ2v) is 5.88. The van der Waals surface area contributed by atoms with Gasteiger partial charge in [-0.1, -0.05) is 6.92 Å². The zero-order valence-corrected chi connectivity index (χ0v) is 13.2. The van der Waals surface area contributed by atoms with Crippen molar-refractivity contribution < 1.29 is 0 Å². The fourth-order valence-corrected chi connectivity index (χ4v) is 2.75. The predicted octanol–water partition coefficient (Wildman–Crippen LogP) is 1.99. The number of likely N-dealkylation sites (tertiary alicyclic amines) is 1. The van der Waals surface area contributed by atoms with Crippen LogP contribution in [0.1, 0.15) is 25.6 Å². The van der Waals surface area contributed by atoms with E-state index in [0.717, 1.165) is 42.9 Å². The topological polar surface area (TPSA) is 44.3 Å². The van der Waals surface area contributed by atoms with Crippen LogP contribution < -0.4 is 10.2 Å². The van der Waals surface area contributed by atoms with Crippen molar-refractivity contribution in [2.45, 2.75) is 26.7 Å². The third-order valence-corrected chi connectivity index (χ3v) is 3.79. The molecule has 5 nitrogen and oxygen atoms in total. The summed E-state index contributed by atoms with van der Waals surface area (Å²) in [5, 5.41) is 3.35. The van der Waals surface area contributed by atoms with Crippen LogP contribution in [0.4, 0.5) is 11.6 Å². The summed E-state index contributed by atoms with van der Waals surface area (Å²) in [5.41, 5.74) is 0. The Kier molecular flexibility index (Phi) is 5.17. The van der Waals surface area contributed by atoms with E-state index in [1.807, 2.05) is 6.92 Å². The van der Waals surface area contributed by atoms with Gasteiger partial charge < -0.3 is 15.1 Å². The largest absolute Gasteiger partial charge is 0.370 e. The lowest BCUT2D eigenvalue weighted by Gasteiger charge is -2.23. The summed E-state index contributed by atoms with van der Waals surface area (Å²) in [6.45, 7) is 8.53. The van der Waals surface area contributed by atoms with Crippen molar-refractivity contribution in [3.63, 3.8) is 0 Å².